The lowest BCUT2D eigenvalue weighted by Crippen LogP contribution is -2.50. The summed E-state index contributed by atoms with van der Waals surface area (Å²) in [5.74, 6) is 0.153. The standard InChI is InChI=1S/C14H15N3O3S/c1-10-9-21-12(15-10)14(19)17-6-4-16(5-7-17)13(18)11-3-2-8-20-11/h2-3,8-9H,4-7H2,1H3. The number of aryl methyl sites for hydroxylation is 1. The van der Waals surface area contributed by atoms with Crippen molar-refractivity contribution in [2.75, 3.05) is 26.2 Å². The molecule has 0 unspecified atom stereocenters. The first-order valence-corrected chi connectivity index (χ1v) is 7.57. The number of hydrogen-bond donors (Lipinski definition) is 0. The first kappa shape index (κ1) is 13.8. The van der Waals surface area contributed by atoms with Crippen LogP contribution in [0.1, 0.15) is 26.1 Å². The molecule has 7 heteroatoms. The average Bonchev–Trinajstić information content (AvgIpc) is 3.17. The molecule has 6 nitrogen and oxygen atoms in total. The maximum Gasteiger partial charge on any atom is 0.289 e. The van der Waals surface area contributed by atoms with Crippen molar-refractivity contribution in [3.05, 3.63) is 40.2 Å². The van der Waals surface area contributed by atoms with E-state index in [1.54, 1.807) is 21.9 Å². The number of thiazole rings is 1. The van der Waals surface area contributed by atoms with Gasteiger partial charge >= 0.3 is 0 Å². The van der Waals surface area contributed by atoms with E-state index in [4.69, 9.17) is 4.42 Å². The van der Waals surface area contributed by atoms with Crippen molar-refractivity contribution in [3.63, 3.8) is 0 Å². The zero-order chi connectivity index (χ0) is 14.8. The molecule has 0 radical (unpaired) electrons. The second-order valence-electron chi connectivity index (χ2n) is 4.86. The largest absolute Gasteiger partial charge is 0.459 e. The van der Waals surface area contributed by atoms with Crippen LogP contribution in [-0.4, -0.2) is 52.8 Å². The summed E-state index contributed by atoms with van der Waals surface area (Å²) in [6, 6.07) is 3.34. The Morgan fingerprint density at radius 2 is 1.86 bits per heavy atom. The lowest BCUT2D eigenvalue weighted by molar-refractivity contribution is 0.0518. The van der Waals surface area contributed by atoms with Crippen LogP contribution >= 0.6 is 11.3 Å². The van der Waals surface area contributed by atoms with Gasteiger partial charge < -0.3 is 14.2 Å². The molecule has 0 N–H and O–H groups in total. The highest BCUT2D eigenvalue weighted by atomic mass is 32.1. The summed E-state index contributed by atoms with van der Waals surface area (Å²) in [5, 5.41) is 2.38. The first-order chi connectivity index (χ1) is 10.1. The minimum Gasteiger partial charge on any atom is -0.459 e. The Morgan fingerprint density at radius 3 is 2.38 bits per heavy atom. The molecule has 1 aliphatic rings. The van der Waals surface area contributed by atoms with Crippen LogP contribution in [0.15, 0.2) is 28.2 Å². The molecule has 0 aliphatic carbocycles. The third kappa shape index (κ3) is 2.82. The Hall–Kier alpha value is -2.15. The predicted molar refractivity (Wildman–Crippen MR) is 77.4 cm³/mol. The normalized spacial score (nSPS) is 15.3. The molecule has 0 atom stereocenters. The second kappa shape index (κ2) is 5.69. The van der Waals surface area contributed by atoms with Crippen LogP contribution in [0, 0.1) is 6.92 Å². The lowest BCUT2D eigenvalue weighted by Gasteiger charge is -2.33. The van der Waals surface area contributed by atoms with E-state index in [0.717, 1.165) is 5.69 Å². The summed E-state index contributed by atoms with van der Waals surface area (Å²) in [7, 11) is 0. The molecule has 1 aliphatic heterocycles. The quantitative estimate of drug-likeness (QED) is 0.846. The van der Waals surface area contributed by atoms with Gasteiger partial charge in [-0.2, -0.15) is 0 Å². The van der Waals surface area contributed by atoms with Crippen LogP contribution < -0.4 is 0 Å². The van der Waals surface area contributed by atoms with Crippen LogP contribution in [0.5, 0.6) is 0 Å². The lowest BCUT2D eigenvalue weighted by atomic mass is 10.3. The molecular formula is C14H15N3O3S. The number of carbonyl (C=O) groups excluding carboxylic acids is 2. The Labute approximate surface area is 126 Å². The zero-order valence-corrected chi connectivity index (χ0v) is 12.4. The van der Waals surface area contributed by atoms with E-state index >= 15 is 0 Å². The smallest absolute Gasteiger partial charge is 0.289 e. The third-order valence-corrected chi connectivity index (χ3v) is 4.34. The van der Waals surface area contributed by atoms with E-state index in [1.165, 1.54) is 17.6 Å². The summed E-state index contributed by atoms with van der Waals surface area (Å²) >= 11 is 1.36. The van der Waals surface area contributed by atoms with Crippen molar-refractivity contribution >= 4 is 23.2 Å². The van der Waals surface area contributed by atoms with Crippen LogP contribution in [0.4, 0.5) is 0 Å². The fourth-order valence-electron chi connectivity index (χ4n) is 2.26. The van der Waals surface area contributed by atoms with Crippen molar-refractivity contribution in [1.29, 1.82) is 0 Å². The minimum absolute atomic E-state index is 0.0572. The van der Waals surface area contributed by atoms with Crippen LogP contribution in [0.2, 0.25) is 0 Å². The van der Waals surface area contributed by atoms with Gasteiger partial charge in [0.25, 0.3) is 11.8 Å². The van der Waals surface area contributed by atoms with Gasteiger partial charge in [0.05, 0.1) is 6.26 Å². The molecule has 0 bridgehead atoms. The van der Waals surface area contributed by atoms with Gasteiger partial charge in [-0.3, -0.25) is 9.59 Å². The molecule has 0 spiro atoms. The van der Waals surface area contributed by atoms with Gasteiger partial charge in [-0.05, 0) is 19.1 Å². The Bertz CT molecular complexity index is 642. The molecule has 2 aromatic rings. The van der Waals surface area contributed by atoms with Crippen LogP contribution in [0.3, 0.4) is 0 Å². The van der Waals surface area contributed by atoms with Crippen molar-refractivity contribution in [2.24, 2.45) is 0 Å². The van der Waals surface area contributed by atoms with Crippen molar-refractivity contribution in [1.82, 2.24) is 14.8 Å². The molecule has 0 aromatic carbocycles. The fourth-order valence-corrected chi connectivity index (χ4v) is 3.02. The number of hydrogen-bond acceptors (Lipinski definition) is 5. The first-order valence-electron chi connectivity index (χ1n) is 6.69. The van der Waals surface area contributed by atoms with Gasteiger partial charge in [0.15, 0.2) is 10.8 Å². The fraction of sp³-hybridized carbons (Fsp3) is 0.357. The van der Waals surface area contributed by atoms with E-state index in [9.17, 15) is 9.59 Å². The van der Waals surface area contributed by atoms with Gasteiger partial charge in [0.1, 0.15) is 0 Å². The maximum atomic E-state index is 12.3. The number of rotatable bonds is 2. The number of amides is 2. The highest BCUT2D eigenvalue weighted by molar-refractivity contribution is 7.11. The Morgan fingerprint density at radius 1 is 1.19 bits per heavy atom. The summed E-state index contributed by atoms with van der Waals surface area (Å²) in [4.78, 5) is 32.1. The molecule has 21 heavy (non-hydrogen) atoms. The van der Waals surface area contributed by atoms with Gasteiger partial charge in [0.2, 0.25) is 0 Å². The zero-order valence-electron chi connectivity index (χ0n) is 11.6. The Balaban J connectivity index is 1.60. The number of nitrogens with zero attached hydrogens (tertiary/aromatic N) is 3. The second-order valence-corrected chi connectivity index (χ2v) is 5.71. The third-order valence-electron chi connectivity index (χ3n) is 3.39. The highest BCUT2D eigenvalue weighted by Crippen LogP contribution is 2.15. The molecule has 1 saturated heterocycles. The van der Waals surface area contributed by atoms with Crippen molar-refractivity contribution in [3.8, 4) is 0 Å². The van der Waals surface area contributed by atoms with Gasteiger partial charge in [-0.15, -0.1) is 11.3 Å². The maximum absolute atomic E-state index is 12.3. The minimum atomic E-state index is -0.128. The number of furan rings is 1. The van der Waals surface area contributed by atoms with Crippen molar-refractivity contribution in [2.45, 2.75) is 6.92 Å². The Kier molecular flexibility index (Phi) is 3.74. The molecule has 3 rings (SSSR count). The molecular weight excluding hydrogens is 290 g/mol. The molecule has 2 aromatic heterocycles. The van der Waals surface area contributed by atoms with E-state index in [-0.39, 0.29) is 11.8 Å². The molecule has 3 heterocycles. The summed E-state index contributed by atoms with van der Waals surface area (Å²) < 4.78 is 5.11. The van der Waals surface area contributed by atoms with E-state index in [1.807, 2.05) is 12.3 Å². The number of aromatic nitrogens is 1. The molecule has 0 saturated carbocycles. The topological polar surface area (TPSA) is 66.7 Å². The van der Waals surface area contributed by atoms with Crippen LogP contribution in [-0.2, 0) is 0 Å². The van der Waals surface area contributed by atoms with Crippen molar-refractivity contribution < 1.29 is 14.0 Å². The molecule has 110 valence electrons. The van der Waals surface area contributed by atoms with Gasteiger partial charge in [0, 0.05) is 37.3 Å². The SMILES string of the molecule is Cc1csc(C(=O)N2CCN(C(=O)c3ccco3)CC2)n1. The number of carbonyl (C=O) groups is 2. The van der Waals surface area contributed by atoms with E-state index in [0.29, 0.717) is 36.9 Å². The highest BCUT2D eigenvalue weighted by Gasteiger charge is 2.27. The van der Waals surface area contributed by atoms with Gasteiger partial charge in [-0.1, -0.05) is 0 Å². The molecule has 1 fully saturated rings. The summed E-state index contributed by atoms with van der Waals surface area (Å²) in [6.45, 7) is 3.92. The average molecular weight is 305 g/mol. The number of piperazine rings is 1. The van der Waals surface area contributed by atoms with E-state index < -0.39 is 0 Å². The molecule has 2 amide bonds. The monoisotopic (exact) mass is 305 g/mol. The van der Waals surface area contributed by atoms with E-state index in [2.05, 4.69) is 4.98 Å². The summed E-state index contributed by atoms with van der Waals surface area (Å²) in [6.07, 6.45) is 1.48. The summed E-state index contributed by atoms with van der Waals surface area (Å²) in [5.41, 5.74) is 0.856. The van der Waals surface area contributed by atoms with Crippen LogP contribution in [0.25, 0.3) is 0 Å². The predicted octanol–water partition coefficient (Wildman–Crippen LogP) is 1.64. The van der Waals surface area contributed by atoms with Gasteiger partial charge in [-0.25, -0.2) is 4.98 Å².